The first-order chi connectivity index (χ1) is 8.49. The van der Waals surface area contributed by atoms with Gasteiger partial charge in [0.25, 0.3) is 0 Å². The number of carbonyl (C=O) groups is 1. The number of aromatic nitrogens is 2. The highest BCUT2D eigenvalue weighted by Gasteiger charge is 2.17. The molecule has 18 heavy (non-hydrogen) atoms. The fraction of sp³-hybridized carbons (Fsp3) is 0.545. The number of nitrogens with one attached hydrogen (secondary N) is 1. The second-order valence-corrected chi connectivity index (χ2v) is 4.25. The summed E-state index contributed by atoms with van der Waals surface area (Å²) in [5.74, 6) is 0.410. The van der Waals surface area contributed by atoms with Crippen LogP contribution < -0.4 is 16.0 Å². The minimum Gasteiger partial charge on any atom is -0.394 e. The quantitative estimate of drug-likeness (QED) is 0.780. The third-order valence-electron chi connectivity index (χ3n) is 2.50. The molecule has 0 unspecified atom stereocenters. The molecule has 0 aliphatic rings. The van der Waals surface area contributed by atoms with E-state index in [0.29, 0.717) is 23.7 Å². The van der Waals surface area contributed by atoms with Crippen LogP contribution in [0, 0.1) is 6.92 Å². The third-order valence-corrected chi connectivity index (χ3v) is 2.66. The molecule has 6 nitrogen and oxygen atoms in total. The zero-order valence-corrected chi connectivity index (χ0v) is 11.6. The summed E-state index contributed by atoms with van der Waals surface area (Å²) in [5.41, 5.74) is 7.01. The lowest BCUT2D eigenvalue weighted by Gasteiger charge is -2.24. The summed E-state index contributed by atoms with van der Waals surface area (Å²) >= 11 is 5.83. The molecule has 0 radical (unpaired) electrons. The SMILES string of the molecule is CCCN(CC(=O)NC)c1nc(Cl)nc(C)c1N. The lowest BCUT2D eigenvalue weighted by atomic mass is 10.3. The van der Waals surface area contributed by atoms with E-state index in [1.807, 2.05) is 6.92 Å². The van der Waals surface area contributed by atoms with Gasteiger partial charge in [0.05, 0.1) is 17.9 Å². The molecule has 0 fully saturated rings. The van der Waals surface area contributed by atoms with Crippen LogP contribution in [0.3, 0.4) is 0 Å². The maximum Gasteiger partial charge on any atom is 0.239 e. The summed E-state index contributed by atoms with van der Waals surface area (Å²) in [6.07, 6.45) is 0.872. The first-order valence-corrected chi connectivity index (χ1v) is 6.12. The lowest BCUT2D eigenvalue weighted by Crippen LogP contribution is -2.37. The molecule has 0 aliphatic heterocycles. The monoisotopic (exact) mass is 271 g/mol. The van der Waals surface area contributed by atoms with E-state index in [1.165, 1.54) is 0 Å². The number of carbonyl (C=O) groups excluding carboxylic acids is 1. The minimum absolute atomic E-state index is 0.102. The minimum atomic E-state index is -0.102. The van der Waals surface area contributed by atoms with Crippen molar-refractivity contribution in [2.24, 2.45) is 0 Å². The molecule has 0 aliphatic carbocycles. The van der Waals surface area contributed by atoms with Crippen LogP contribution in [-0.4, -0.2) is 36.0 Å². The van der Waals surface area contributed by atoms with Crippen molar-refractivity contribution in [1.29, 1.82) is 0 Å². The summed E-state index contributed by atoms with van der Waals surface area (Å²) in [6.45, 7) is 4.64. The number of hydrogen-bond donors (Lipinski definition) is 2. The van der Waals surface area contributed by atoms with E-state index in [9.17, 15) is 4.79 Å². The van der Waals surface area contributed by atoms with E-state index in [1.54, 1.807) is 18.9 Å². The van der Waals surface area contributed by atoms with E-state index in [0.717, 1.165) is 6.42 Å². The van der Waals surface area contributed by atoms with Crippen LogP contribution in [0.25, 0.3) is 0 Å². The molecular formula is C11H18ClN5O. The number of nitrogen functional groups attached to an aromatic ring is 1. The zero-order valence-electron chi connectivity index (χ0n) is 10.8. The summed E-state index contributed by atoms with van der Waals surface area (Å²) in [6, 6.07) is 0. The van der Waals surface area contributed by atoms with Gasteiger partial charge in [-0.3, -0.25) is 4.79 Å². The number of hydrogen-bond acceptors (Lipinski definition) is 5. The predicted octanol–water partition coefficient (Wildman–Crippen LogP) is 0.983. The van der Waals surface area contributed by atoms with Gasteiger partial charge in [0, 0.05) is 13.6 Å². The fourth-order valence-electron chi connectivity index (χ4n) is 1.56. The maximum absolute atomic E-state index is 11.5. The molecule has 1 heterocycles. The Morgan fingerprint density at radius 1 is 1.50 bits per heavy atom. The second kappa shape index (κ2) is 6.39. The second-order valence-electron chi connectivity index (χ2n) is 3.91. The van der Waals surface area contributed by atoms with Crippen LogP contribution in [0.2, 0.25) is 5.28 Å². The van der Waals surface area contributed by atoms with Gasteiger partial charge in [0.15, 0.2) is 5.82 Å². The van der Waals surface area contributed by atoms with E-state index >= 15 is 0 Å². The molecule has 0 spiro atoms. The Hall–Kier alpha value is -1.56. The van der Waals surface area contributed by atoms with Crippen LogP contribution in [-0.2, 0) is 4.79 Å². The summed E-state index contributed by atoms with van der Waals surface area (Å²) in [7, 11) is 1.59. The smallest absolute Gasteiger partial charge is 0.239 e. The highest BCUT2D eigenvalue weighted by Crippen LogP contribution is 2.24. The van der Waals surface area contributed by atoms with Gasteiger partial charge in [0.2, 0.25) is 11.2 Å². The number of amides is 1. The average Bonchev–Trinajstić information content (AvgIpc) is 2.33. The van der Waals surface area contributed by atoms with E-state index in [2.05, 4.69) is 15.3 Å². The maximum atomic E-state index is 11.5. The van der Waals surface area contributed by atoms with Crippen molar-refractivity contribution in [1.82, 2.24) is 15.3 Å². The highest BCUT2D eigenvalue weighted by atomic mass is 35.5. The normalized spacial score (nSPS) is 10.2. The van der Waals surface area contributed by atoms with Gasteiger partial charge >= 0.3 is 0 Å². The van der Waals surface area contributed by atoms with Crippen LogP contribution in [0.15, 0.2) is 0 Å². The van der Waals surface area contributed by atoms with E-state index in [4.69, 9.17) is 17.3 Å². The zero-order chi connectivity index (χ0) is 13.7. The van der Waals surface area contributed by atoms with Crippen molar-refractivity contribution in [3.05, 3.63) is 11.0 Å². The van der Waals surface area contributed by atoms with Crippen LogP contribution in [0.4, 0.5) is 11.5 Å². The average molecular weight is 272 g/mol. The summed E-state index contributed by atoms with van der Waals surface area (Å²) in [5, 5.41) is 2.71. The number of nitrogens with two attached hydrogens (primary N) is 1. The largest absolute Gasteiger partial charge is 0.394 e. The van der Waals surface area contributed by atoms with Gasteiger partial charge < -0.3 is 16.0 Å². The molecule has 3 N–H and O–H groups in total. The lowest BCUT2D eigenvalue weighted by molar-refractivity contribution is -0.119. The van der Waals surface area contributed by atoms with Gasteiger partial charge in [-0.25, -0.2) is 4.98 Å². The van der Waals surface area contributed by atoms with E-state index in [-0.39, 0.29) is 17.7 Å². The molecule has 1 aromatic rings. The molecule has 0 saturated carbocycles. The highest BCUT2D eigenvalue weighted by molar-refractivity contribution is 6.28. The van der Waals surface area contributed by atoms with Gasteiger partial charge in [-0.05, 0) is 24.9 Å². The molecule has 1 amide bonds. The first-order valence-electron chi connectivity index (χ1n) is 5.74. The third kappa shape index (κ3) is 3.46. The van der Waals surface area contributed by atoms with Crippen LogP contribution in [0.5, 0.6) is 0 Å². The number of halogens is 1. The number of nitrogens with zero attached hydrogens (tertiary/aromatic N) is 3. The molecule has 1 rings (SSSR count). The topological polar surface area (TPSA) is 84.1 Å². The van der Waals surface area contributed by atoms with Crippen molar-refractivity contribution in [3.63, 3.8) is 0 Å². The number of anilines is 2. The molecular weight excluding hydrogens is 254 g/mol. The Balaban J connectivity index is 3.08. The Kier molecular flexibility index (Phi) is 5.15. The molecule has 0 aromatic carbocycles. The van der Waals surface area contributed by atoms with Crippen molar-refractivity contribution in [2.45, 2.75) is 20.3 Å². The van der Waals surface area contributed by atoms with Gasteiger partial charge in [-0.1, -0.05) is 6.92 Å². The number of rotatable bonds is 5. The van der Waals surface area contributed by atoms with Crippen LogP contribution in [0.1, 0.15) is 19.0 Å². The molecule has 0 atom stereocenters. The fourth-order valence-corrected chi connectivity index (χ4v) is 1.76. The Morgan fingerprint density at radius 3 is 2.72 bits per heavy atom. The van der Waals surface area contributed by atoms with Crippen molar-refractivity contribution in [3.8, 4) is 0 Å². The van der Waals surface area contributed by atoms with Crippen molar-refractivity contribution < 1.29 is 4.79 Å². The predicted molar refractivity (Wildman–Crippen MR) is 72.8 cm³/mol. The Bertz CT molecular complexity index is 438. The Morgan fingerprint density at radius 2 is 2.17 bits per heavy atom. The van der Waals surface area contributed by atoms with Crippen molar-refractivity contribution >= 4 is 29.0 Å². The Labute approximate surface area is 112 Å². The van der Waals surface area contributed by atoms with Crippen molar-refractivity contribution in [2.75, 3.05) is 30.8 Å². The summed E-state index contributed by atoms with van der Waals surface area (Å²) in [4.78, 5) is 21.4. The molecule has 0 bridgehead atoms. The van der Waals surface area contributed by atoms with E-state index < -0.39 is 0 Å². The number of aryl methyl sites for hydroxylation is 1. The van der Waals surface area contributed by atoms with Crippen LogP contribution >= 0.6 is 11.6 Å². The standard InChI is InChI=1S/C11H18ClN5O/c1-4-5-17(6-8(18)14-3)10-9(13)7(2)15-11(12)16-10/h4-6,13H2,1-3H3,(H,14,18). The first kappa shape index (κ1) is 14.5. The van der Waals surface area contributed by atoms with Gasteiger partial charge in [-0.15, -0.1) is 0 Å². The van der Waals surface area contributed by atoms with Gasteiger partial charge in [0.1, 0.15) is 0 Å². The molecule has 100 valence electrons. The molecule has 0 saturated heterocycles. The molecule has 1 aromatic heterocycles. The molecule has 7 heteroatoms. The van der Waals surface area contributed by atoms with Gasteiger partial charge in [-0.2, -0.15) is 4.98 Å². The summed E-state index contributed by atoms with van der Waals surface area (Å²) < 4.78 is 0. The number of likely N-dealkylation sites (N-methyl/N-ethyl adjacent to an activating group) is 1.